The first-order valence-electron chi connectivity index (χ1n) is 9.24. The molecule has 0 spiro atoms. The lowest BCUT2D eigenvalue weighted by atomic mass is 9.78. The third-order valence-electron chi connectivity index (χ3n) is 5.22. The van der Waals surface area contributed by atoms with E-state index in [-0.39, 0.29) is 18.3 Å². The van der Waals surface area contributed by atoms with E-state index in [1.165, 1.54) is 0 Å². The number of thiol groups is 1. The summed E-state index contributed by atoms with van der Waals surface area (Å²) in [6, 6.07) is 18.2. The summed E-state index contributed by atoms with van der Waals surface area (Å²) in [5.41, 5.74) is 2.53. The van der Waals surface area contributed by atoms with E-state index in [0.29, 0.717) is 12.4 Å². The zero-order valence-corrected chi connectivity index (χ0v) is 17.3. The van der Waals surface area contributed by atoms with Crippen molar-refractivity contribution in [3.05, 3.63) is 71.2 Å². The average molecular weight is 382 g/mol. The lowest BCUT2D eigenvalue weighted by Crippen LogP contribution is -2.41. The molecule has 2 aromatic carbocycles. The molecule has 0 aromatic heterocycles. The van der Waals surface area contributed by atoms with Crippen LogP contribution in [-0.2, 0) is 15.9 Å². The Kier molecular flexibility index (Phi) is 6.04. The van der Waals surface area contributed by atoms with E-state index in [0.717, 1.165) is 22.3 Å². The summed E-state index contributed by atoms with van der Waals surface area (Å²) in [4.78, 5) is 0. The second kappa shape index (κ2) is 8.13. The summed E-state index contributed by atoms with van der Waals surface area (Å²) in [7, 11) is -0.374. The summed E-state index contributed by atoms with van der Waals surface area (Å²) in [5, 5.41) is 0. The van der Waals surface area contributed by atoms with Gasteiger partial charge in [0, 0.05) is 5.75 Å². The summed E-state index contributed by atoms with van der Waals surface area (Å²) >= 11 is 4.48. The Morgan fingerprint density at radius 2 is 1.56 bits per heavy atom. The molecule has 3 rings (SSSR count). The molecule has 1 heterocycles. The Bertz CT molecular complexity index is 769. The van der Waals surface area contributed by atoms with Gasteiger partial charge in [-0.1, -0.05) is 48.5 Å². The Labute approximate surface area is 168 Å². The van der Waals surface area contributed by atoms with Crippen LogP contribution in [-0.4, -0.2) is 24.1 Å². The molecule has 1 fully saturated rings. The van der Waals surface area contributed by atoms with E-state index in [1.54, 1.807) is 0 Å². The van der Waals surface area contributed by atoms with Crippen molar-refractivity contribution in [2.75, 3.05) is 5.75 Å². The molecule has 2 aromatic rings. The van der Waals surface area contributed by atoms with E-state index < -0.39 is 0 Å². The van der Waals surface area contributed by atoms with Crippen molar-refractivity contribution in [3.8, 4) is 5.75 Å². The number of rotatable bonds is 6. The molecule has 0 saturated carbocycles. The van der Waals surface area contributed by atoms with Crippen LogP contribution in [0, 0.1) is 0 Å². The second-order valence-corrected chi connectivity index (χ2v) is 8.13. The number of ether oxygens (including phenoxy) is 1. The van der Waals surface area contributed by atoms with Gasteiger partial charge in [0.05, 0.1) is 11.2 Å². The van der Waals surface area contributed by atoms with Gasteiger partial charge < -0.3 is 14.0 Å². The van der Waals surface area contributed by atoms with Crippen molar-refractivity contribution in [2.24, 2.45) is 0 Å². The second-order valence-electron chi connectivity index (χ2n) is 7.81. The highest BCUT2D eigenvalue weighted by molar-refractivity contribution is 7.80. The van der Waals surface area contributed by atoms with Gasteiger partial charge in [0.2, 0.25) is 0 Å². The molecule has 27 heavy (non-hydrogen) atoms. The molecule has 0 atom stereocenters. The third kappa shape index (κ3) is 4.78. The predicted molar refractivity (Wildman–Crippen MR) is 115 cm³/mol. The normalized spacial score (nSPS) is 18.6. The van der Waals surface area contributed by atoms with Crippen LogP contribution in [0.4, 0.5) is 0 Å². The van der Waals surface area contributed by atoms with Crippen molar-refractivity contribution in [1.29, 1.82) is 0 Å². The van der Waals surface area contributed by atoms with Gasteiger partial charge in [0.1, 0.15) is 12.4 Å². The monoisotopic (exact) mass is 382 g/mol. The zero-order chi connectivity index (χ0) is 19.5. The van der Waals surface area contributed by atoms with Gasteiger partial charge in [0.15, 0.2) is 0 Å². The Morgan fingerprint density at radius 3 is 2.11 bits per heavy atom. The van der Waals surface area contributed by atoms with E-state index in [1.807, 2.05) is 42.5 Å². The van der Waals surface area contributed by atoms with Gasteiger partial charge in [0.25, 0.3) is 0 Å². The fourth-order valence-corrected chi connectivity index (χ4v) is 3.04. The smallest absolute Gasteiger partial charge is 0.489 e. The molecular weight excluding hydrogens is 355 g/mol. The zero-order valence-electron chi connectivity index (χ0n) is 16.4. The first-order valence-corrected chi connectivity index (χ1v) is 9.88. The molecule has 0 unspecified atom stereocenters. The molecule has 0 aliphatic carbocycles. The Balaban J connectivity index is 1.67. The maximum Gasteiger partial charge on any atom is 0.491 e. The standard InChI is InChI=1S/C22H27BO3S/c1-21(2)22(3,4)26-23(25-21)19(16-27)14-17-10-12-20(13-11-17)24-15-18-8-6-5-7-9-18/h5-14,27H,15-16H2,1-4H3. The molecule has 5 heteroatoms. The quantitative estimate of drug-likeness (QED) is 0.549. The minimum absolute atomic E-state index is 0.352. The lowest BCUT2D eigenvalue weighted by molar-refractivity contribution is 0.00578. The average Bonchev–Trinajstić information content (AvgIpc) is 2.87. The maximum absolute atomic E-state index is 6.14. The molecule has 0 bridgehead atoms. The van der Waals surface area contributed by atoms with Crippen LogP contribution in [0.5, 0.6) is 5.75 Å². The third-order valence-corrected chi connectivity index (χ3v) is 5.58. The number of benzene rings is 2. The molecule has 0 amide bonds. The van der Waals surface area contributed by atoms with Crippen LogP contribution < -0.4 is 4.74 Å². The lowest BCUT2D eigenvalue weighted by Gasteiger charge is -2.32. The van der Waals surface area contributed by atoms with Crippen LogP contribution >= 0.6 is 12.6 Å². The van der Waals surface area contributed by atoms with Gasteiger partial charge in [-0.25, -0.2) is 0 Å². The highest BCUT2D eigenvalue weighted by Crippen LogP contribution is 2.39. The van der Waals surface area contributed by atoms with Crippen molar-refractivity contribution in [2.45, 2.75) is 45.5 Å². The summed E-state index contributed by atoms with van der Waals surface area (Å²) in [6.45, 7) is 8.79. The van der Waals surface area contributed by atoms with Crippen LogP contribution in [0.15, 0.2) is 60.1 Å². The van der Waals surface area contributed by atoms with Crippen LogP contribution in [0.2, 0.25) is 0 Å². The minimum Gasteiger partial charge on any atom is -0.489 e. The summed E-state index contributed by atoms with van der Waals surface area (Å²) in [6.07, 6.45) is 2.08. The highest BCUT2D eigenvalue weighted by Gasteiger charge is 2.52. The molecule has 3 nitrogen and oxygen atoms in total. The first-order chi connectivity index (χ1) is 12.8. The van der Waals surface area contributed by atoms with Crippen molar-refractivity contribution < 1.29 is 14.0 Å². The van der Waals surface area contributed by atoms with Gasteiger partial charge in [-0.3, -0.25) is 0 Å². The fourth-order valence-electron chi connectivity index (χ4n) is 2.80. The summed E-state index contributed by atoms with van der Waals surface area (Å²) < 4.78 is 18.1. The molecule has 1 saturated heterocycles. The van der Waals surface area contributed by atoms with Gasteiger partial charge in [-0.15, -0.1) is 0 Å². The molecule has 142 valence electrons. The summed E-state index contributed by atoms with van der Waals surface area (Å²) in [5.74, 6) is 1.42. The van der Waals surface area contributed by atoms with Gasteiger partial charge in [-0.05, 0) is 56.4 Å². The predicted octanol–water partition coefficient (Wildman–Crippen LogP) is 5.21. The highest BCUT2D eigenvalue weighted by atomic mass is 32.1. The van der Waals surface area contributed by atoms with Crippen molar-refractivity contribution >= 4 is 25.8 Å². The topological polar surface area (TPSA) is 27.7 Å². The largest absolute Gasteiger partial charge is 0.491 e. The van der Waals surface area contributed by atoms with Crippen molar-refractivity contribution in [3.63, 3.8) is 0 Å². The van der Waals surface area contributed by atoms with E-state index >= 15 is 0 Å². The number of hydrogen-bond acceptors (Lipinski definition) is 4. The minimum atomic E-state index is -0.374. The molecular formula is C22H27BO3S. The Hall–Kier alpha value is -1.69. The van der Waals surface area contributed by atoms with Crippen LogP contribution in [0.25, 0.3) is 6.08 Å². The fraction of sp³-hybridized carbons (Fsp3) is 0.364. The van der Waals surface area contributed by atoms with E-state index in [2.05, 4.69) is 58.5 Å². The first kappa shape index (κ1) is 20.1. The van der Waals surface area contributed by atoms with Gasteiger partial charge >= 0.3 is 7.12 Å². The SMILES string of the molecule is CC1(C)OB(C(=Cc2ccc(OCc3ccccc3)cc2)CS)OC1(C)C. The molecule has 0 radical (unpaired) electrons. The van der Waals surface area contributed by atoms with E-state index in [4.69, 9.17) is 14.0 Å². The molecule has 0 N–H and O–H groups in total. The van der Waals surface area contributed by atoms with E-state index in [9.17, 15) is 0 Å². The van der Waals surface area contributed by atoms with Gasteiger partial charge in [-0.2, -0.15) is 12.6 Å². The van der Waals surface area contributed by atoms with Crippen LogP contribution in [0.1, 0.15) is 38.8 Å². The van der Waals surface area contributed by atoms with Crippen molar-refractivity contribution in [1.82, 2.24) is 0 Å². The number of hydrogen-bond donors (Lipinski definition) is 1. The maximum atomic E-state index is 6.14. The Morgan fingerprint density at radius 1 is 0.963 bits per heavy atom. The molecule has 1 aliphatic rings. The molecule has 1 aliphatic heterocycles. The van der Waals surface area contributed by atoms with Crippen LogP contribution in [0.3, 0.4) is 0 Å².